The minimum Gasteiger partial charge on any atom is -0.494 e. The van der Waals surface area contributed by atoms with Crippen LogP contribution in [0.5, 0.6) is 5.75 Å². The van der Waals surface area contributed by atoms with Gasteiger partial charge in [0.05, 0.1) is 6.61 Å². The zero-order chi connectivity index (χ0) is 14.4. The first-order valence-corrected chi connectivity index (χ1v) is 6.84. The van der Waals surface area contributed by atoms with Gasteiger partial charge in [-0.15, -0.1) is 0 Å². The average Bonchev–Trinajstić information content (AvgIpc) is 2.47. The number of fused-ring (bicyclic) bond motifs is 1. The number of methoxy groups -OCH3 is 2. The molecule has 20 heavy (non-hydrogen) atoms. The lowest BCUT2D eigenvalue weighted by Crippen LogP contribution is -2.19. The molecule has 110 valence electrons. The summed E-state index contributed by atoms with van der Waals surface area (Å²) >= 11 is 0. The van der Waals surface area contributed by atoms with E-state index in [0.29, 0.717) is 13.0 Å². The minimum atomic E-state index is -0.179. The predicted octanol–water partition coefficient (Wildman–Crippen LogP) is 2.35. The number of amides is 1. The molecule has 1 aliphatic heterocycles. The van der Waals surface area contributed by atoms with Crippen LogP contribution in [0.2, 0.25) is 0 Å². The first-order chi connectivity index (χ1) is 9.72. The summed E-state index contributed by atoms with van der Waals surface area (Å²) in [5.41, 5.74) is 2.03. The number of carbonyl (C=O) groups is 1. The molecular weight excluding hydrogens is 258 g/mol. The van der Waals surface area contributed by atoms with Crippen LogP contribution in [0.15, 0.2) is 18.2 Å². The van der Waals surface area contributed by atoms with Crippen LogP contribution in [-0.2, 0) is 20.7 Å². The Morgan fingerprint density at radius 2 is 2.05 bits per heavy atom. The second kappa shape index (κ2) is 7.26. The summed E-state index contributed by atoms with van der Waals surface area (Å²) in [4.78, 5) is 11.4. The molecule has 0 radical (unpaired) electrons. The fourth-order valence-corrected chi connectivity index (χ4v) is 2.21. The van der Waals surface area contributed by atoms with E-state index in [4.69, 9.17) is 14.2 Å². The zero-order valence-corrected chi connectivity index (χ0v) is 12.0. The Morgan fingerprint density at radius 3 is 2.80 bits per heavy atom. The highest BCUT2D eigenvalue weighted by atomic mass is 16.7. The van der Waals surface area contributed by atoms with Crippen molar-refractivity contribution in [3.63, 3.8) is 0 Å². The minimum absolute atomic E-state index is 0.0673. The summed E-state index contributed by atoms with van der Waals surface area (Å²) < 4.78 is 15.9. The molecule has 5 nitrogen and oxygen atoms in total. The van der Waals surface area contributed by atoms with Gasteiger partial charge in [-0.05, 0) is 24.5 Å². The van der Waals surface area contributed by atoms with Gasteiger partial charge in [0.2, 0.25) is 5.91 Å². The molecule has 0 saturated heterocycles. The van der Waals surface area contributed by atoms with Crippen LogP contribution < -0.4 is 10.1 Å². The van der Waals surface area contributed by atoms with Crippen molar-refractivity contribution in [2.75, 3.05) is 26.1 Å². The van der Waals surface area contributed by atoms with Gasteiger partial charge in [-0.1, -0.05) is 6.07 Å². The number of carbonyl (C=O) groups excluding carboxylic acids is 1. The van der Waals surface area contributed by atoms with Gasteiger partial charge in [0.15, 0.2) is 6.29 Å². The molecule has 0 bridgehead atoms. The van der Waals surface area contributed by atoms with Crippen molar-refractivity contribution in [1.82, 2.24) is 0 Å². The Morgan fingerprint density at radius 1 is 1.25 bits per heavy atom. The molecule has 1 heterocycles. The van der Waals surface area contributed by atoms with Crippen LogP contribution in [0.1, 0.15) is 24.8 Å². The molecule has 0 aliphatic carbocycles. The summed E-state index contributed by atoms with van der Waals surface area (Å²) in [5, 5.41) is 2.87. The highest BCUT2D eigenvalue weighted by Gasteiger charge is 2.15. The fraction of sp³-hybridized carbons (Fsp3) is 0.533. The van der Waals surface area contributed by atoms with Crippen LogP contribution in [0.25, 0.3) is 0 Å². The number of nitrogens with one attached hydrogen (secondary N) is 1. The Hall–Kier alpha value is -1.59. The van der Waals surface area contributed by atoms with Gasteiger partial charge in [0, 0.05) is 38.8 Å². The van der Waals surface area contributed by atoms with E-state index in [1.807, 2.05) is 18.2 Å². The standard InChI is InChI=1S/C15H21NO4/c1-18-15(19-2)4-3-9-20-12-7-5-11-6-8-14(17)16-13(11)10-12/h5,7,10,15H,3-4,6,8-9H2,1-2H3,(H,16,17). The van der Waals surface area contributed by atoms with Crippen molar-refractivity contribution >= 4 is 11.6 Å². The lowest BCUT2D eigenvalue weighted by atomic mass is 10.0. The van der Waals surface area contributed by atoms with Crippen molar-refractivity contribution in [1.29, 1.82) is 0 Å². The Kier molecular flexibility index (Phi) is 5.38. The average molecular weight is 279 g/mol. The molecule has 0 saturated carbocycles. The third kappa shape index (κ3) is 3.95. The van der Waals surface area contributed by atoms with E-state index in [2.05, 4.69) is 5.32 Å². The fourth-order valence-electron chi connectivity index (χ4n) is 2.21. The highest BCUT2D eigenvalue weighted by Crippen LogP contribution is 2.27. The SMILES string of the molecule is COC(CCCOc1ccc2c(c1)NC(=O)CC2)OC. The second-order valence-corrected chi connectivity index (χ2v) is 4.76. The lowest BCUT2D eigenvalue weighted by molar-refractivity contribution is -0.116. The number of rotatable bonds is 7. The second-order valence-electron chi connectivity index (χ2n) is 4.76. The zero-order valence-electron chi connectivity index (χ0n) is 12.0. The molecule has 1 aromatic carbocycles. The third-order valence-corrected chi connectivity index (χ3v) is 3.36. The van der Waals surface area contributed by atoms with Crippen molar-refractivity contribution in [3.05, 3.63) is 23.8 Å². The number of hydrogen-bond donors (Lipinski definition) is 1. The first-order valence-electron chi connectivity index (χ1n) is 6.84. The maximum atomic E-state index is 11.4. The van der Waals surface area contributed by atoms with Crippen molar-refractivity contribution in [2.45, 2.75) is 32.0 Å². The van der Waals surface area contributed by atoms with E-state index in [9.17, 15) is 4.79 Å². The molecule has 2 rings (SSSR count). The van der Waals surface area contributed by atoms with Crippen LogP contribution in [0.3, 0.4) is 0 Å². The molecular formula is C15H21NO4. The van der Waals surface area contributed by atoms with Gasteiger partial charge in [0.25, 0.3) is 0 Å². The van der Waals surface area contributed by atoms with Crippen LogP contribution in [0.4, 0.5) is 5.69 Å². The van der Waals surface area contributed by atoms with Crippen LogP contribution in [0, 0.1) is 0 Å². The summed E-state index contributed by atoms with van der Waals surface area (Å²) in [5.74, 6) is 0.843. The molecule has 1 amide bonds. The van der Waals surface area contributed by atoms with Gasteiger partial charge in [-0.2, -0.15) is 0 Å². The smallest absolute Gasteiger partial charge is 0.224 e. The topological polar surface area (TPSA) is 56.8 Å². The summed E-state index contributed by atoms with van der Waals surface area (Å²) in [6.07, 6.45) is 2.80. The van der Waals surface area contributed by atoms with Gasteiger partial charge in [-0.25, -0.2) is 0 Å². The third-order valence-electron chi connectivity index (χ3n) is 3.36. The number of anilines is 1. The molecule has 5 heteroatoms. The summed E-state index contributed by atoms with van der Waals surface area (Å²) in [6.45, 7) is 0.593. The van der Waals surface area contributed by atoms with Gasteiger partial charge < -0.3 is 19.5 Å². The van der Waals surface area contributed by atoms with Crippen molar-refractivity contribution in [3.8, 4) is 5.75 Å². The number of ether oxygens (including phenoxy) is 3. The largest absolute Gasteiger partial charge is 0.494 e. The monoisotopic (exact) mass is 279 g/mol. The van der Waals surface area contributed by atoms with E-state index < -0.39 is 0 Å². The molecule has 0 aromatic heterocycles. The first kappa shape index (κ1) is 14.8. The molecule has 0 unspecified atom stereocenters. The van der Waals surface area contributed by atoms with Crippen molar-refractivity contribution in [2.24, 2.45) is 0 Å². The van der Waals surface area contributed by atoms with Gasteiger partial charge in [-0.3, -0.25) is 4.79 Å². The number of benzene rings is 1. The summed E-state index contributed by atoms with van der Waals surface area (Å²) in [7, 11) is 3.25. The molecule has 1 aromatic rings. The lowest BCUT2D eigenvalue weighted by Gasteiger charge is -2.18. The van der Waals surface area contributed by atoms with E-state index in [1.165, 1.54) is 0 Å². The quantitative estimate of drug-likeness (QED) is 0.615. The number of aryl methyl sites for hydroxylation is 1. The number of hydrogen-bond acceptors (Lipinski definition) is 4. The predicted molar refractivity (Wildman–Crippen MR) is 75.9 cm³/mol. The van der Waals surface area contributed by atoms with Crippen molar-refractivity contribution < 1.29 is 19.0 Å². The molecule has 1 N–H and O–H groups in total. The van der Waals surface area contributed by atoms with Gasteiger partial charge in [0.1, 0.15) is 5.75 Å². The molecule has 0 spiro atoms. The normalized spacial score (nSPS) is 14.1. The Bertz CT molecular complexity index is 457. The van der Waals surface area contributed by atoms with E-state index in [0.717, 1.165) is 36.3 Å². The van der Waals surface area contributed by atoms with E-state index >= 15 is 0 Å². The molecule has 0 fully saturated rings. The maximum Gasteiger partial charge on any atom is 0.224 e. The maximum absolute atomic E-state index is 11.4. The van der Waals surface area contributed by atoms with E-state index in [1.54, 1.807) is 14.2 Å². The molecule has 1 aliphatic rings. The Balaban J connectivity index is 1.82. The highest BCUT2D eigenvalue weighted by molar-refractivity contribution is 5.94. The van der Waals surface area contributed by atoms with Crippen LogP contribution >= 0.6 is 0 Å². The molecule has 0 atom stereocenters. The van der Waals surface area contributed by atoms with Gasteiger partial charge >= 0.3 is 0 Å². The van der Waals surface area contributed by atoms with Crippen LogP contribution in [-0.4, -0.2) is 33.0 Å². The van der Waals surface area contributed by atoms with E-state index in [-0.39, 0.29) is 12.2 Å². The summed E-state index contributed by atoms with van der Waals surface area (Å²) in [6, 6.07) is 5.84. The Labute approximate surface area is 119 Å².